The number of hydrogen-bond donors (Lipinski definition) is 1. The van der Waals surface area contributed by atoms with Crippen LogP contribution in [-0.4, -0.2) is 23.5 Å². The van der Waals surface area contributed by atoms with Crippen LogP contribution in [0.25, 0.3) is 28.2 Å². The van der Waals surface area contributed by atoms with Gasteiger partial charge in [0.05, 0.1) is 5.69 Å². The molecule has 0 aliphatic heterocycles. The van der Waals surface area contributed by atoms with Gasteiger partial charge in [-0.3, -0.25) is 18.7 Å². The molecule has 1 aromatic carbocycles. The summed E-state index contributed by atoms with van der Waals surface area (Å²) in [5, 5.41) is 0. The Bertz CT molecular complexity index is 1270. The summed E-state index contributed by atoms with van der Waals surface area (Å²) in [4.78, 5) is 31.5. The molecular weight excluding hydrogens is 342 g/mol. The monoisotopic (exact) mass is 365 g/mol. The highest BCUT2D eigenvalue weighted by Crippen LogP contribution is 2.30. The average molecular weight is 365 g/mol. The second-order valence-electron chi connectivity index (χ2n) is 7.06. The molecule has 3 aromatic heterocycles. The molecule has 7 nitrogen and oxygen atoms in total. The zero-order chi connectivity index (χ0) is 19.3. The van der Waals surface area contributed by atoms with Gasteiger partial charge in [0.25, 0.3) is 5.56 Å². The quantitative estimate of drug-likeness (QED) is 0.604. The lowest BCUT2D eigenvalue weighted by Gasteiger charge is -2.13. The van der Waals surface area contributed by atoms with Gasteiger partial charge < -0.3 is 4.57 Å². The standard InChI is InChI=1S/C20H23N5O2/c1-5-6-10-24-14(15-12(2)8-7-9-13(15)3)11-25-16-17(21-19(24)25)23(4)20(27)22-18(16)26/h7-9,11H,5-6,10H2,1-4H3,(H,22,26,27). The Morgan fingerprint density at radius 1 is 1.15 bits per heavy atom. The lowest BCUT2D eigenvalue weighted by Crippen LogP contribution is -2.28. The van der Waals surface area contributed by atoms with Crippen LogP contribution >= 0.6 is 0 Å². The second kappa shape index (κ2) is 6.26. The lowest BCUT2D eigenvalue weighted by molar-refractivity contribution is 0.648. The van der Waals surface area contributed by atoms with E-state index in [-0.39, 0.29) is 0 Å². The van der Waals surface area contributed by atoms with Crippen molar-refractivity contribution in [3.63, 3.8) is 0 Å². The number of unbranched alkanes of at least 4 members (excludes halogenated alkanes) is 1. The van der Waals surface area contributed by atoms with Gasteiger partial charge in [0.2, 0.25) is 5.78 Å². The van der Waals surface area contributed by atoms with Crippen LogP contribution in [0.4, 0.5) is 0 Å². The summed E-state index contributed by atoms with van der Waals surface area (Å²) < 4.78 is 5.35. The van der Waals surface area contributed by atoms with Crippen LogP contribution in [0.5, 0.6) is 0 Å². The normalized spacial score (nSPS) is 11.7. The van der Waals surface area contributed by atoms with Crippen LogP contribution in [0.15, 0.2) is 34.0 Å². The maximum atomic E-state index is 12.5. The minimum Gasteiger partial charge on any atom is -0.310 e. The number of fused-ring (bicyclic) bond motifs is 3. The Labute approximate surface area is 155 Å². The number of aromatic nitrogens is 5. The van der Waals surface area contributed by atoms with E-state index in [2.05, 4.69) is 53.5 Å². The third kappa shape index (κ3) is 2.53. The summed E-state index contributed by atoms with van der Waals surface area (Å²) in [6, 6.07) is 6.24. The zero-order valence-corrected chi connectivity index (χ0v) is 16.0. The van der Waals surface area contributed by atoms with Crippen molar-refractivity contribution in [2.24, 2.45) is 7.05 Å². The largest absolute Gasteiger partial charge is 0.329 e. The molecular formula is C20H23N5O2. The summed E-state index contributed by atoms with van der Waals surface area (Å²) in [5.74, 6) is 0.683. The van der Waals surface area contributed by atoms with E-state index in [0.29, 0.717) is 16.9 Å². The van der Waals surface area contributed by atoms with E-state index in [4.69, 9.17) is 0 Å². The predicted molar refractivity (Wildman–Crippen MR) is 106 cm³/mol. The first-order valence-electron chi connectivity index (χ1n) is 9.21. The molecule has 3 heterocycles. The highest BCUT2D eigenvalue weighted by atomic mass is 16.2. The van der Waals surface area contributed by atoms with Crippen molar-refractivity contribution < 1.29 is 0 Å². The maximum absolute atomic E-state index is 12.5. The molecule has 0 aliphatic rings. The number of aromatic amines is 1. The Kier molecular flexibility index (Phi) is 4.02. The molecule has 0 saturated heterocycles. The molecule has 0 saturated carbocycles. The molecule has 0 fully saturated rings. The summed E-state index contributed by atoms with van der Waals surface area (Å²) >= 11 is 0. The number of nitrogens with one attached hydrogen (secondary N) is 1. The highest BCUT2D eigenvalue weighted by molar-refractivity contribution is 5.79. The Morgan fingerprint density at radius 3 is 2.52 bits per heavy atom. The number of benzene rings is 1. The predicted octanol–water partition coefficient (Wildman–Crippen LogP) is 2.76. The van der Waals surface area contributed by atoms with E-state index in [9.17, 15) is 9.59 Å². The van der Waals surface area contributed by atoms with Crippen molar-refractivity contribution >= 4 is 16.9 Å². The number of rotatable bonds is 4. The second-order valence-corrected chi connectivity index (χ2v) is 7.06. The minimum absolute atomic E-state index is 0.398. The molecule has 0 spiro atoms. The van der Waals surface area contributed by atoms with Gasteiger partial charge in [-0.1, -0.05) is 31.5 Å². The molecule has 1 N–H and O–H groups in total. The van der Waals surface area contributed by atoms with Gasteiger partial charge in [0.1, 0.15) is 0 Å². The number of nitrogens with zero attached hydrogens (tertiary/aromatic N) is 4. The van der Waals surface area contributed by atoms with Crippen LogP contribution in [0.3, 0.4) is 0 Å². The number of imidazole rings is 2. The molecule has 4 rings (SSSR count). The van der Waals surface area contributed by atoms with Crippen LogP contribution in [0.1, 0.15) is 30.9 Å². The molecule has 0 atom stereocenters. The minimum atomic E-state index is -0.455. The van der Waals surface area contributed by atoms with Gasteiger partial charge >= 0.3 is 5.69 Å². The highest BCUT2D eigenvalue weighted by Gasteiger charge is 2.20. The third-order valence-corrected chi connectivity index (χ3v) is 5.19. The van der Waals surface area contributed by atoms with Crippen molar-refractivity contribution in [2.45, 2.75) is 40.2 Å². The zero-order valence-electron chi connectivity index (χ0n) is 16.0. The Balaban J connectivity index is 2.13. The molecule has 0 amide bonds. The Morgan fingerprint density at radius 2 is 1.85 bits per heavy atom. The van der Waals surface area contributed by atoms with Crippen LogP contribution in [0.2, 0.25) is 0 Å². The fraction of sp³-hybridized carbons (Fsp3) is 0.350. The number of hydrogen-bond acceptors (Lipinski definition) is 3. The molecule has 140 valence electrons. The van der Waals surface area contributed by atoms with E-state index in [1.807, 2.05) is 10.6 Å². The van der Waals surface area contributed by atoms with Crippen LogP contribution < -0.4 is 11.2 Å². The average Bonchev–Trinajstić information content (AvgIpc) is 3.14. The Hall–Kier alpha value is -3.09. The SMILES string of the molecule is CCCCn1c(-c2c(C)cccc2C)cn2c3c(=O)[nH]c(=O)n(C)c3nc12. The summed E-state index contributed by atoms with van der Waals surface area (Å²) in [6.45, 7) is 7.13. The van der Waals surface area contributed by atoms with E-state index >= 15 is 0 Å². The summed E-state index contributed by atoms with van der Waals surface area (Å²) in [7, 11) is 1.62. The molecule has 0 radical (unpaired) electrons. The van der Waals surface area contributed by atoms with Crippen molar-refractivity contribution in [3.8, 4) is 11.3 Å². The maximum Gasteiger partial charge on any atom is 0.329 e. The first-order valence-corrected chi connectivity index (χ1v) is 9.21. The van der Waals surface area contributed by atoms with Gasteiger partial charge in [-0.15, -0.1) is 0 Å². The van der Waals surface area contributed by atoms with Gasteiger partial charge in [-0.25, -0.2) is 4.79 Å². The molecule has 27 heavy (non-hydrogen) atoms. The van der Waals surface area contributed by atoms with Gasteiger partial charge in [-0.2, -0.15) is 4.98 Å². The van der Waals surface area contributed by atoms with E-state index in [0.717, 1.165) is 30.6 Å². The first kappa shape index (κ1) is 17.3. The van der Waals surface area contributed by atoms with E-state index < -0.39 is 11.2 Å². The molecule has 4 aromatic rings. The van der Waals surface area contributed by atoms with Crippen LogP contribution in [-0.2, 0) is 13.6 Å². The topological polar surface area (TPSA) is 77.1 Å². The molecule has 0 aliphatic carbocycles. The van der Waals surface area contributed by atoms with Crippen LogP contribution in [0, 0.1) is 13.8 Å². The van der Waals surface area contributed by atoms with E-state index in [1.165, 1.54) is 15.7 Å². The fourth-order valence-electron chi connectivity index (χ4n) is 3.76. The summed E-state index contributed by atoms with van der Waals surface area (Å²) in [5.41, 5.74) is 4.49. The van der Waals surface area contributed by atoms with Gasteiger partial charge in [0.15, 0.2) is 11.2 Å². The summed E-state index contributed by atoms with van der Waals surface area (Å²) in [6.07, 6.45) is 4.02. The van der Waals surface area contributed by atoms with Crippen molar-refractivity contribution in [2.75, 3.05) is 0 Å². The van der Waals surface area contributed by atoms with E-state index in [1.54, 1.807) is 7.05 Å². The lowest BCUT2D eigenvalue weighted by atomic mass is 10.0. The molecule has 0 bridgehead atoms. The third-order valence-electron chi connectivity index (χ3n) is 5.19. The van der Waals surface area contributed by atoms with Gasteiger partial charge in [0, 0.05) is 25.4 Å². The fourth-order valence-corrected chi connectivity index (χ4v) is 3.76. The molecule has 7 heteroatoms. The molecule has 0 unspecified atom stereocenters. The van der Waals surface area contributed by atoms with Crippen molar-refractivity contribution in [1.29, 1.82) is 0 Å². The van der Waals surface area contributed by atoms with Gasteiger partial charge in [-0.05, 0) is 31.4 Å². The van der Waals surface area contributed by atoms with Crippen molar-refractivity contribution in [1.82, 2.24) is 23.5 Å². The smallest absolute Gasteiger partial charge is 0.310 e. The number of aryl methyl sites for hydroxylation is 4. The van der Waals surface area contributed by atoms with Crippen molar-refractivity contribution in [3.05, 3.63) is 56.4 Å². The number of H-pyrrole nitrogens is 1. The first-order chi connectivity index (χ1) is 12.9.